The monoisotopic (exact) mass is 391 g/mol. The van der Waals surface area contributed by atoms with Crippen molar-refractivity contribution in [2.24, 2.45) is 5.10 Å². The highest BCUT2D eigenvalue weighted by molar-refractivity contribution is 9.10. The number of amides is 1. The Hall–Kier alpha value is -2.74. The van der Waals surface area contributed by atoms with E-state index in [1.165, 1.54) is 18.3 Å². The van der Waals surface area contributed by atoms with Crippen molar-refractivity contribution in [1.82, 2.24) is 5.43 Å². The molecule has 0 spiro atoms. The minimum atomic E-state index is -0.769. The van der Waals surface area contributed by atoms with Crippen molar-refractivity contribution in [2.45, 2.75) is 13.0 Å². The number of nitrogens with one attached hydrogen (secondary N) is 1. The van der Waals surface area contributed by atoms with Crippen LogP contribution in [0.1, 0.15) is 12.5 Å². The number of hydrazone groups is 1. The normalized spacial score (nSPS) is 11.9. The van der Waals surface area contributed by atoms with Gasteiger partial charge in [-0.1, -0.05) is 28.1 Å². The fourth-order valence-corrected chi connectivity index (χ4v) is 2.05. The highest BCUT2D eigenvalue weighted by Crippen LogP contribution is 2.17. The van der Waals surface area contributed by atoms with Crippen molar-refractivity contribution in [1.29, 1.82) is 0 Å². The van der Waals surface area contributed by atoms with Crippen LogP contribution in [0.3, 0.4) is 0 Å². The van der Waals surface area contributed by atoms with E-state index in [0.29, 0.717) is 11.3 Å². The van der Waals surface area contributed by atoms with Crippen molar-refractivity contribution in [2.75, 3.05) is 0 Å². The third kappa shape index (κ3) is 4.88. The van der Waals surface area contributed by atoms with Gasteiger partial charge in [0.25, 0.3) is 11.6 Å². The standard InChI is InChI=1S/C16H14BrN3O4/c1-11(24-14-8-6-13(17)7-9-14)16(21)19-18-10-12-4-2-3-5-15(12)20(22)23/h2-11H,1H3,(H,19,21)/b18-10+. The van der Waals surface area contributed by atoms with Crippen molar-refractivity contribution in [3.63, 3.8) is 0 Å². The molecule has 0 saturated carbocycles. The molecule has 0 aliphatic carbocycles. The quantitative estimate of drug-likeness (QED) is 0.464. The third-order valence-electron chi connectivity index (χ3n) is 3.01. The number of carbonyl (C=O) groups is 1. The van der Waals surface area contributed by atoms with Gasteiger partial charge < -0.3 is 4.74 Å². The SMILES string of the molecule is CC(Oc1ccc(Br)cc1)C(=O)N/N=C/c1ccccc1[N+](=O)[O-]. The zero-order valence-corrected chi connectivity index (χ0v) is 14.3. The van der Waals surface area contributed by atoms with Crippen LogP contribution in [0.2, 0.25) is 0 Å². The van der Waals surface area contributed by atoms with E-state index in [1.54, 1.807) is 43.3 Å². The average molecular weight is 392 g/mol. The molecule has 0 aliphatic heterocycles. The molecule has 0 aromatic heterocycles. The number of nitrogens with zero attached hydrogens (tertiary/aromatic N) is 2. The minimum Gasteiger partial charge on any atom is -0.481 e. The van der Waals surface area contributed by atoms with Crippen LogP contribution in [0.5, 0.6) is 5.75 Å². The van der Waals surface area contributed by atoms with Gasteiger partial charge in [-0.05, 0) is 37.3 Å². The number of ether oxygens (including phenoxy) is 1. The summed E-state index contributed by atoms with van der Waals surface area (Å²) in [5.74, 6) is 0.0799. The van der Waals surface area contributed by atoms with Crippen LogP contribution in [-0.4, -0.2) is 23.1 Å². The molecule has 2 aromatic rings. The molecule has 0 radical (unpaired) electrons. The van der Waals surface area contributed by atoms with E-state index in [1.807, 2.05) is 0 Å². The maximum Gasteiger partial charge on any atom is 0.280 e. The predicted octanol–water partition coefficient (Wildman–Crippen LogP) is 3.27. The van der Waals surface area contributed by atoms with Crippen molar-refractivity contribution < 1.29 is 14.5 Å². The first-order chi connectivity index (χ1) is 11.5. The summed E-state index contributed by atoms with van der Waals surface area (Å²) in [6.45, 7) is 1.58. The lowest BCUT2D eigenvalue weighted by atomic mass is 10.2. The van der Waals surface area contributed by atoms with Crippen LogP contribution < -0.4 is 10.2 Å². The van der Waals surface area contributed by atoms with E-state index >= 15 is 0 Å². The second-order valence-electron chi connectivity index (χ2n) is 4.76. The molecule has 1 amide bonds. The number of carbonyl (C=O) groups excluding carboxylic acids is 1. The fraction of sp³-hybridized carbons (Fsp3) is 0.125. The number of para-hydroxylation sites is 1. The molecule has 1 N–H and O–H groups in total. The zero-order valence-electron chi connectivity index (χ0n) is 12.7. The molecular formula is C16H14BrN3O4. The summed E-state index contributed by atoms with van der Waals surface area (Å²) in [5.41, 5.74) is 2.51. The van der Waals surface area contributed by atoms with Crippen molar-refractivity contribution in [3.8, 4) is 5.75 Å². The van der Waals surface area contributed by atoms with E-state index in [-0.39, 0.29) is 5.69 Å². The molecule has 2 aromatic carbocycles. The topological polar surface area (TPSA) is 93.8 Å². The number of nitro benzene ring substituents is 1. The second-order valence-corrected chi connectivity index (χ2v) is 5.68. The molecule has 124 valence electrons. The van der Waals surface area contributed by atoms with Gasteiger partial charge in [0.05, 0.1) is 16.7 Å². The van der Waals surface area contributed by atoms with Gasteiger partial charge in [0.1, 0.15) is 5.75 Å². The van der Waals surface area contributed by atoms with Gasteiger partial charge >= 0.3 is 0 Å². The second kappa shape index (κ2) is 8.21. The minimum absolute atomic E-state index is 0.0883. The van der Waals surface area contributed by atoms with Gasteiger partial charge in [0.2, 0.25) is 0 Å². The molecular weight excluding hydrogens is 378 g/mol. The zero-order chi connectivity index (χ0) is 17.5. The molecule has 7 nitrogen and oxygen atoms in total. The van der Waals surface area contributed by atoms with Crippen molar-refractivity contribution in [3.05, 3.63) is 68.7 Å². The number of halogens is 1. The van der Waals surface area contributed by atoms with Crippen LogP contribution in [0.25, 0.3) is 0 Å². The maximum absolute atomic E-state index is 11.9. The summed E-state index contributed by atoms with van der Waals surface area (Å²) in [6, 6.07) is 13.2. The van der Waals surface area contributed by atoms with Crippen LogP contribution >= 0.6 is 15.9 Å². The Kier molecular flexibility index (Phi) is 6.02. The number of benzene rings is 2. The van der Waals surface area contributed by atoms with Crippen molar-refractivity contribution >= 4 is 33.7 Å². The fourth-order valence-electron chi connectivity index (χ4n) is 1.79. The molecule has 2 rings (SSSR count). The number of nitro groups is 1. The highest BCUT2D eigenvalue weighted by Gasteiger charge is 2.14. The summed E-state index contributed by atoms with van der Waals surface area (Å²) in [7, 11) is 0. The van der Waals surface area contributed by atoms with Gasteiger partial charge in [-0.3, -0.25) is 14.9 Å². The summed E-state index contributed by atoms with van der Waals surface area (Å²) < 4.78 is 6.38. The lowest BCUT2D eigenvalue weighted by Gasteiger charge is -2.12. The Morgan fingerprint density at radius 2 is 1.96 bits per heavy atom. The predicted molar refractivity (Wildman–Crippen MR) is 93.1 cm³/mol. The summed E-state index contributed by atoms with van der Waals surface area (Å²) in [5, 5.41) is 14.6. The first kappa shape index (κ1) is 17.6. The average Bonchev–Trinajstić information content (AvgIpc) is 2.57. The Morgan fingerprint density at radius 1 is 1.29 bits per heavy atom. The first-order valence-corrected chi connectivity index (χ1v) is 7.75. The Balaban J connectivity index is 1.95. The Labute approximate surface area is 146 Å². The lowest BCUT2D eigenvalue weighted by Crippen LogP contribution is -2.33. The molecule has 24 heavy (non-hydrogen) atoms. The summed E-state index contributed by atoms with van der Waals surface area (Å²) in [4.78, 5) is 22.3. The van der Waals surface area contributed by atoms with Gasteiger partial charge in [-0.15, -0.1) is 0 Å². The number of rotatable bonds is 6. The van der Waals surface area contributed by atoms with E-state index in [4.69, 9.17) is 4.74 Å². The largest absolute Gasteiger partial charge is 0.481 e. The van der Waals surface area contributed by atoms with Gasteiger partial charge in [-0.25, -0.2) is 5.43 Å². The van der Waals surface area contributed by atoms with E-state index in [9.17, 15) is 14.9 Å². The molecule has 0 heterocycles. The Bertz CT molecular complexity index is 762. The van der Waals surface area contributed by atoms with Crippen LogP contribution in [0.15, 0.2) is 58.1 Å². The maximum atomic E-state index is 11.9. The van der Waals surface area contributed by atoms with Gasteiger partial charge in [-0.2, -0.15) is 5.10 Å². The number of hydrogen-bond acceptors (Lipinski definition) is 5. The Morgan fingerprint density at radius 3 is 2.62 bits per heavy atom. The van der Waals surface area contributed by atoms with Crippen LogP contribution in [0.4, 0.5) is 5.69 Å². The first-order valence-electron chi connectivity index (χ1n) is 6.96. The smallest absolute Gasteiger partial charge is 0.280 e. The van der Waals surface area contributed by atoms with E-state index < -0.39 is 16.9 Å². The highest BCUT2D eigenvalue weighted by atomic mass is 79.9. The molecule has 1 unspecified atom stereocenters. The molecule has 0 saturated heterocycles. The third-order valence-corrected chi connectivity index (χ3v) is 3.54. The molecule has 1 atom stereocenters. The summed E-state index contributed by atoms with van der Waals surface area (Å²) >= 11 is 3.31. The van der Waals surface area contributed by atoms with E-state index in [0.717, 1.165) is 4.47 Å². The molecule has 0 fully saturated rings. The van der Waals surface area contributed by atoms with Crippen LogP contribution in [0, 0.1) is 10.1 Å². The number of hydrogen-bond donors (Lipinski definition) is 1. The summed E-state index contributed by atoms with van der Waals surface area (Å²) in [6.07, 6.45) is 0.455. The van der Waals surface area contributed by atoms with Gasteiger partial charge in [0.15, 0.2) is 6.10 Å². The molecule has 0 aliphatic rings. The molecule has 8 heteroatoms. The lowest BCUT2D eigenvalue weighted by molar-refractivity contribution is -0.385. The van der Waals surface area contributed by atoms with E-state index in [2.05, 4.69) is 26.5 Å². The van der Waals surface area contributed by atoms with Gasteiger partial charge in [0, 0.05) is 10.5 Å². The molecule has 0 bridgehead atoms. The van der Waals surface area contributed by atoms with Crippen LogP contribution in [-0.2, 0) is 4.79 Å².